The second-order valence-corrected chi connectivity index (χ2v) is 5.90. The number of nitrogens with zero attached hydrogens (tertiary/aromatic N) is 2. The van der Waals surface area contributed by atoms with Crippen LogP contribution in [0.2, 0.25) is 0 Å². The van der Waals surface area contributed by atoms with Gasteiger partial charge in [-0.15, -0.1) is 0 Å². The molecule has 122 valence electrons. The van der Waals surface area contributed by atoms with Crippen molar-refractivity contribution in [2.75, 3.05) is 23.3 Å². The van der Waals surface area contributed by atoms with Gasteiger partial charge in [0, 0.05) is 31.3 Å². The Balaban J connectivity index is 1.91. The van der Waals surface area contributed by atoms with E-state index in [0.717, 1.165) is 5.56 Å². The Bertz CT molecular complexity index is 680. The van der Waals surface area contributed by atoms with Gasteiger partial charge in [0.2, 0.25) is 5.91 Å². The fraction of sp³-hybridized carbons (Fsp3) is 0.467. The maximum absolute atomic E-state index is 11.5. The van der Waals surface area contributed by atoms with Gasteiger partial charge < -0.3 is 15.3 Å². The third-order valence-corrected chi connectivity index (χ3v) is 4.48. The highest BCUT2D eigenvalue weighted by atomic mass is 16.6. The molecular weight excluding hydrogens is 302 g/mol. The average molecular weight is 319 g/mol. The van der Waals surface area contributed by atoms with Crippen LogP contribution in [0.25, 0.3) is 0 Å². The summed E-state index contributed by atoms with van der Waals surface area (Å²) in [6.07, 6.45) is 1.72. The minimum absolute atomic E-state index is 0.00803. The molecule has 0 unspecified atom stereocenters. The number of nitro groups is 1. The summed E-state index contributed by atoms with van der Waals surface area (Å²) in [7, 11) is 0. The van der Waals surface area contributed by atoms with Crippen LogP contribution in [0, 0.1) is 16.0 Å². The Hall–Kier alpha value is -2.64. The van der Waals surface area contributed by atoms with Gasteiger partial charge in [-0.2, -0.15) is 0 Å². The smallest absolute Gasteiger partial charge is 0.306 e. The molecule has 8 nitrogen and oxygen atoms in total. The molecule has 1 saturated heterocycles. The molecule has 2 N–H and O–H groups in total. The van der Waals surface area contributed by atoms with Gasteiger partial charge in [0.1, 0.15) is 5.69 Å². The number of aryl methyl sites for hydroxylation is 1. The van der Waals surface area contributed by atoms with E-state index in [9.17, 15) is 19.7 Å². The number of nitro benzene ring substituents is 1. The molecule has 23 heavy (non-hydrogen) atoms. The topological polar surface area (TPSA) is 113 Å². The molecule has 0 aromatic heterocycles. The van der Waals surface area contributed by atoms with Crippen molar-refractivity contribution in [3.05, 3.63) is 27.8 Å². The largest absolute Gasteiger partial charge is 0.481 e. The summed E-state index contributed by atoms with van der Waals surface area (Å²) in [5.74, 6) is -1.32. The number of carboxylic acids is 1. The molecule has 1 aromatic carbocycles. The zero-order valence-electron chi connectivity index (χ0n) is 12.4. The number of carboxylic acid groups (broad SMARTS) is 1. The summed E-state index contributed by atoms with van der Waals surface area (Å²) in [5, 5.41) is 23.2. The monoisotopic (exact) mass is 319 g/mol. The third kappa shape index (κ3) is 2.96. The fourth-order valence-electron chi connectivity index (χ4n) is 3.17. The fourth-order valence-corrected chi connectivity index (χ4v) is 3.17. The summed E-state index contributed by atoms with van der Waals surface area (Å²) in [5.41, 5.74) is 1.83. The van der Waals surface area contributed by atoms with E-state index in [2.05, 4.69) is 5.32 Å². The molecule has 0 bridgehead atoms. The second kappa shape index (κ2) is 5.86. The van der Waals surface area contributed by atoms with Crippen LogP contribution >= 0.6 is 0 Å². The van der Waals surface area contributed by atoms with Crippen molar-refractivity contribution < 1.29 is 19.6 Å². The van der Waals surface area contributed by atoms with Gasteiger partial charge in [0.15, 0.2) is 0 Å². The van der Waals surface area contributed by atoms with Crippen molar-refractivity contribution >= 4 is 28.9 Å². The molecule has 2 aliphatic rings. The molecule has 0 radical (unpaired) electrons. The van der Waals surface area contributed by atoms with Crippen LogP contribution in [0.5, 0.6) is 0 Å². The first kappa shape index (κ1) is 15.3. The van der Waals surface area contributed by atoms with Gasteiger partial charge in [0.25, 0.3) is 5.69 Å². The van der Waals surface area contributed by atoms with E-state index >= 15 is 0 Å². The van der Waals surface area contributed by atoms with Crippen LogP contribution < -0.4 is 10.2 Å². The highest BCUT2D eigenvalue weighted by Gasteiger charge is 2.30. The summed E-state index contributed by atoms with van der Waals surface area (Å²) >= 11 is 0. The van der Waals surface area contributed by atoms with E-state index in [1.165, 1.54) is 6.07 Å². The molecule has 1 amide bonds. The predicted octanol–water partition coefficient (Wildman–Crippen LogP) is 1.78. The van der Waals surface area contributed by atoms with Crippen molar-refractivity contribution in [3.63, 3.8) is 0 Å². The van der Waals surface area contributed by atoms with E-state index in [1.54, 1.807) is 6.07 Å². The van der Waals surface area contributed by atoms with Crippen molar-refractivity contribution in [1.82, 2.24) is 0 Å². The number of benzene rings is 1. The first-order valence-electron chi connectivity index (χ1n) is 7.54. The number of rotatable bonds is 3. The van der Waals surface area contributed by atoms with Crippen molar-refractivity contribution in [2.24, 2.45) is 5.92 Å². The lowest BCUT2D eigenvalue weighted by atomic mass is 9.95. The molecule has 3 rings (SSSR count). The number of carbonyl (C=O) groups is 2. The highest BCUT2D eigenvalue weighted by Crippen LogP contribution is 2.37. The molecule has 0 spiro atoms. The zero-order chi connectivity index (χ0) is 16.6. The number of carbonyl (C=O) groups excluding carboxylic acids is 1. The van der Waals surface area contributed by atoms with E-state index in [0.29, 0.717) is 50.1 Å². The van der Waals surface area contributed by atoms with Crippen LogP contribution in [0.1, 0.15) is 24.8 Å². The normalized spacial score (nSPS) is 18.3. The molecule has 0 atom stereocenters. The van der Waals surface area contributed by atoms with Crippen LogP contribution in [0.4, 0.5) is 17.1 Å². The van der Waals surface area contributed by atoms with E-state index in [4.69, 9.17) is 5.11 Å². The SMILES string of the molecule is O=C1CCc2cc([N+](=O)[O-])c(N3CCC(C(=O)O)CC3)cc2N1. The lowest BCUT2D eigenvalue weighted by Gasteiger charge is -2.32. The Morgan fingerprint density at radius 3 is 2.61 bits per heavy atom. The number of anilines is 2. The number of hydrogen-bond donors (Lipinski definition) is 2. The molecule has 8 heteroatoms. The van der Waals surface area contributed by atoms with E-state index in [1.807, 2.05) is 4.90 Å². The van der Waals surface area contributed by atoms with Gasteiger partial charge in [0.05, 0.1) is 10.8 Å². The van der Waals surface area contributed by atoms with Crippen LogP contribution in [-0.4, -0.2) is 35.0 Å². The van der Waals surface area contributed by atoms with Crippen molar-refractivity contribution in [1.29, 1.82) is 0 Å². The first-order valence-corrected chi connectivity index (χ1v) is 7.54. The third-order valence-electron chi connectivity index (χ3n) is 4.48. The number of piperidine rings is 1. The molecule has 1 aromatic rings. The quantitative estimate of drug-likeness (QED) is 0.648. The van der Waals surface area contributed by atoms with Crippen molar-refractivity contribution in [3.8, 4) is 0 Å². The minimum atomic E-state index is -0.822. The Morgan fingerprint density at radius 1 is 1.30 bits per heavy atom. The van der Waals surface area contributed by atoms with Gasteiger partial charge >= 0.3 is 5.97 Å². The number of amides is 1. The van der Waals surface area contributed by atoms with Crippen molar-refractivity contribution in [2.45, 2.75) is 25.7 Å². The van der Waals surface area contributed by atoms with Gasteiger partial charge in [-0.1, -0.05) is 0 Å². The summed E-state index contributed by atoms with van der Waals surface area (Å²) in [4.78, 5) is 35.3. The number of fused-ring (bicyclic) bond motifs is 1. The van der Waals surface area contributed by atoms with Crippen LogP contribution in [0.3, 0.4) is 0 Å². The number of nitrogens with one attached hydrogen (secondary N) is 1. The molecule has 2 aliphatic heterocycles. The van der Waals surface area contributed by atoms with Crippen LogP contribution in [-0.2, 0) is 16.0 Å². The van der Waals surface area contributed by atoms with Gasteiger partial charge in [-0.3, -0.25) is 19.7 Å². The average Bonchev–Trinajstić information content (AvgIpc) is 2.53. The lowest BCUT2D eigenvalue weighted by molar-refractivity contribution is -0.384. The van der Waals surface area contributed by atoms with Gasteiger partial charge in [-0.05, 0) is 30.9 Å². The Morgan fingerprint density at radius 2 is 2.00 bits per heavy atom. The maximum atomic E-state index is 11.5. The molecule has 1 fully saturated rings. The molecule has 0 aliphatic carbocycles. The molecule has 2 heterocycles. The van der Waals surface area contributed by atoms with Crippen LogP contribution in [0.15, 0.2) is 12.1 Å². The summed E-state index contributed by atoms with van der Waals surface area (Å²) in [6, 6.07) is 3.17. The second-order valence-electron chi connectivity index (χ2n) is 5.90. The zero-order valence-corrected chi connectivity index (χ0v) is 12.4. The van der Waals surface area contributed by atoms with Gasteiger partial charge in [-0.25, -0.2) is 0 Å². The number of hydrogen-bond acceptors (Lipinski definition) is 5. The molecular formula is C15H17N3O5. The lowest BCUT2D eigenvalue weighted by Crippen LogP contribution is -2.36. The Labute approximate surface area is 132 Å². The summed E-state index contributed by atoms with van der Waals surface area (Å²) in [6.45, 7) is 0.898. The molecule has 0 saturated carbocycles. The summed E-state index contributed by atoms with van der Waals surface area (Å²) < 4.78 is 0. The first-order chi connectivity index (χ1) is 11.0. The maximum Gasteiger partial charge on any atom is 0.306 e. The predicted molar refractivity (Wildman–Crippen MR) is 82.6 cm³/mol. The highest BCUT2D eigenvalue weighted by molar-refractivity contribution is 5.95. The van der Waals surface area contributed by atoms with E-state index < -0.39 is 16.8 Å². The standard InChI is InChI=1S/C15H17N3O5/c19-14-2-1-10-7-13(18(22)23)12(8-11(10)16-14)17-5-3-9(4-6-17)15(20)21/h7-9H,1-6H2,(H,16,19)(H,20,21). The Kier molecular flexibility index (Phi) is 3.89. The number of aliphatic carboxylic acids is 1. The van der Waals surface area contributed by atoms with E-state index in [-0.39, 0.29) is 11.6 Å². The minimum Gasteiger partial charge on any atom is -0.481 e.